The zero-order valence-electron chi connectivity index (χ0n) is 10.8. The first kappa shape index (κ1) is 14.8. The molecule has 0 aromatic heterocycles. The second-order valence-corrected chi connectivity index (χ2v) is 4.33. The van der Waals surface area contributed by atoms with Gasteiger partial charge in [-0.3, -0.25) is 0 Å². The molecule has 0 radical (unpaired) electrons. The van der Waals surface area contributed by atoms with Crippen LogP contribution < -0.4 is 5.32 Å². The van der Waals surface area contributed by atoms with Crippen LogP contribution >= 0.6 is 0 Å². The third-order valence-electron chi connectivity index (χ3n) is 2.80. The Hall–Kier alpha value is -1.30. The number of aliphatic hydroxyl groups excluding tert-OH is 1. The van der Waals surface area contributed by atoms with Crippen LogP contribution in [0.1, 0.15) is 24.9 Å². The summed E-state index contributed by atoms with van der Waals surface area (Å²) in [6.07, 6.45) is 0.697. The molecule has 0 aliphatic heterocycles. The fourth-order valence-electron chi connectivity index (χ4n) is 1.81. The fourth-order valence-corrected chi connectivity index (χ4v) is 1.81. The van der Waals surface area contributed by atoms with Crippen molar-refractivity contribution in [2.45, 2.75) is 25.4 Å². The molecule has 1 rings (SSSR count). The minimum absolute atomic E-state index is 0.0124. The van der Waals surface area contributed by atoms with Crippen LogP contribution in [0.15, 0.2) is 18.2 Å². The van der Waals surface area contributed by atoms with Crippen molar-refractivity contribution in [1.29, 1.82) is 0 Å². The maximum absolute atomic E-state index is 9.42. The summed E-state index contributed by atoms with van der Waals surface area (Å²) in [4.78, 5) is 0. The zero-order chi connectivity index (χ0) is 13.5. The summed E-state index contributed by atoms with van der Waals surface area (Å²) in [7, 11) is 1.62. The van der Waals surface area contributed by atoms with E-state index >= 15 is 0 Å². The average Bonchev–Trinajstić information content (AvgIpc) is 2.32. The Balaban J connectivity index is 2.65. The maximum atomic E-state index is 9.42. The van der Waals surface area contributed by atoms with Crippen molar-refractivity contribution >= 4 is 0 Å². The normalized spacial score (nSPS) is 14.4. The second kappa shape index (κ2) is 7.20. The predicted octanol–water partition coefficient (Wildman–Crippen LogP) is 1.15. The Kier molecular flexibility index (Phi) is 5.91. The molecule has 0 amide bonds. The third-order valence-corrected chi connectivity index (χ3v) is 2.80. The largest absolute Gasteiger partial charge is 0.508 e. The lowest BCUT2D eigenvalue weighted by molar-refractivity contribution is 0.155. The number of ether oxygens (including phenoxy) is 1. The van der Waals surface area contributed by atoms with Gasteiger partial charge in [0.1, 0.15) is 11.5 Å². The highest BCUT2D eigenvalue weighted by Crippen LogP contribution is 2.25. The summed E-state index contributed by atoms with van der Waals surface area (Å²) in [6.45, 7) is 2.48. The quantitative estimate of drug-likeness (QED) is 0.587. The number of aromatic hydroxyl groups is 2. The summed E-state index contributed by atoms with van der Waals surface area (Å²) < 4.78 is 4.97. The summed E-state index contributed by atoms with van der Waals surface area (Å²) in [5.41, 5.74) is 0.767. The molecule has 0 bridgehead atoms. The van der Waals surface area contributed by atoms with Crippen molar-refractivity contribution in [3.8, 4) is 11.5 Å². The van der Waals surface area contributed by atoms with E-state index in [9.17, 15) is 15.3 Å². The van der Waals surface area contributed by atoms with Gasteiger partial charge in [0.2, 0.25) is 0 Å². The number of benzene rings is 1. The van der Waals surface area contributed by atoms with Crippen LogP contribution in [0, 0.1) is 0 Å². The van der Waals surface area contributed by atoms with E-state index in [0.717, 1.165) is 5.56 Å². The lowest BCUT2D eigenvalue weighted by atomic mass is 10.1. The van der Waals surface area contributed by atoms with Gasteiger partial charge in [0.05, 0.1) is 6.61 Å². The molecule has 2 atom stereocenters. The van der Waals surface area contributed by atoms with Crippen LogP contribution in [0.25, 0.3) is 0 Å². The molecular formula is C13H21NO4. The van der Waals surface area contributed by atoms with Crippen molar-refractivity contribution in [3.05, 3.63) is 23.8 Å². The van der Waals surface area contributed by atoms with Crippen LogP contribution in [-0.4, -0.2) is 41.7 Å². The summed E-state index contributed by atoms with van der Waals surface area (Å²) in [5.74, 6) is 0.0483. The number of phenols is 2. The van der Waals surface area contributed by atoms with Crippen molar-refractivity contribution in [2.75, 3.05) is 20.3 Å². The molecule has 0 saturated heterocycles. The Bertz CT molecular complexity index is 350. The van der Waals surface area contributed by atoms with Gasteiger partial charge in [-0.1, -0.05) is 0 Å². The van der Waals surface area contributed by atoms with Crippen LogP contribution in [0.4, 0.5) is 0 Å². The molecule has 0 aliphatic carbocycles. The standard InChI is InChI=1S/C13H21NO4/c1-9(14-11(8-15)3-4-18-2)10-5-12(16)7-13(17)6-10/h5-7,9,11,14-17H,3-4,8H2,1-2H3. The number of aliphatic hydroxyl groups is 1. The number of nitrogens with one attached hydrogen (secondary N) is 1. The van der Waals surface area contributed by atoms with Gasteiger partial charge in [-0.2, -0.15) is 0 Å². The topological polar surface area (TPSA) is 82.0 Å². The molecule has 18 heavy (non-hydrogen) atoms. The molecule has 1 aromatic rings. The van der Waals surface area contributed by atoms with E-state index in [2.05, 4.69) is 5.32 Å². The smallest absolute Gasteiger partial charge is 0.119 e. The van der Waals surface area contributed by atoms with Crippen molar-refractivity contribution in [3.63, 3.8) is 0 Å². The first-order valence-corrected chi connectivity index (χ1v) is 5.95. The Morgan fingerprint density at radius 1 is 1.22 bits per heavy atom. The Morgan fingerprint density at radius 2 is 1.83 bits per heavy atom. The van der Waals surface area contributed by atoms with E-state index < -0.39 is 0 Å². The van der Waals surface area contributed by atoms with Gasteiger partial charge in [-0.15, -0.1) is 0 Å². The molecule has 0 heterocycles. The molecule has 4 N–H and O–H groups in total. The first-order valence-electron chi connectivity index (χ1n) is 5.95. The van der Waals surface area contributed by atoms with Gasteiger partial charge in [0.15, 0.2) is 0 Å². The highest BCUT2D eigenvalue weighted by atomic mass is 16.5. The average molecular weight is 255 g/mol. The van der Waals surface area contributed by atoms with Crippen LogP contribution in [0.2, 0.25) is 0 Å². The molecule has 5 heteroatoms. The van der Waals surface area contributed by atoms with E-state index in [4.69, 9.17) is 4.74 Å². The lowest BCUT2D eigenvalue weighted by Crippen LogP contribution is -2.35. The van der Waals surface area contributed by atoms with E-state index in [0.29, 0.717) is 13.0 Å². The molecule has 0 saturated carbocycles. The van der Waals surface area contributed by atoms with E-state index in [1.165, 1.54) is 6.07 Å². The minimum atomic E-state index is -0.0861. The number of methoxy groups -OCH3 is 1. The van der Waals surface area contributed by atoms with E-state index in [1.54, 1.807) is 19.2 Å². The monoisotopic (exact) mass is 255 g/mol. The molecule has 102 valence electrons. The van der Waals surface area contributed by atoms with Gasteiger partial charge < -0.3 is 25.4 Å². The predicted molar refractivity (Wildman–Crippen MR) is 68.7 cm³/mol. The van der Waals surface area contributed by atoms with Crippen LogP contribution in [0.3, 0.4) is 0 Å². The van der Waals surface area contributed by atoms with Crippen molar-refractivity contribution in [1.82, 2.24) is 5.32 Å². The number of phenolic OH excluding ortho intramolecular Hbond substituents is 2. The molecule has 1 aromatic carbocycles. The summed E-state index contributed by atoms with van der Waals surface area (Å²) >= 11 is 0. The SMILES string of the molecule is COCCC(CO)NC(C)c1cc(O)cc(O)c1. The highest BCUT2D eigenvalue weighted by Gasteiger charge is 2.13. The van der Waals surface area contributed by atoms with E-state index in [1.807, 2.05) is 6.92 Å². The second-order valence-electron chi connectivity index (χ2n) is 4.33. The van der Waals surface area contributed by atoms with Gasteiger partial charge in [-0.25, -0.2) is 0 Å². The molecular weight excluding hydrogens is 234 g/mol. The van der Waals surface area contributed by atoms with Crippen molar-refractivity contribution in [2.24, 2.45) is 0 Å². The van der Waals surface area contributed by atoms with Gasteiger partial charge in [0.25, 0.3) is 0 Å². The lowest BCUT2D eigenvalue weighted by Gasteiger charge is -2.22. The molecule has 0 aliphatic rings. The van der Waals surface area contributed by atoms with Gasteiger partial charge >= 0.3 is 0 Å². The Labute approximate surface area is 107 Å². The summed E-state index contributed by atoms with van der Waals surface area (Å²) in [6, 6.07) is 4.29. The van der Waals surface area contributed by atoms with Crippen LogP contribution in [-0.2, 0) is 4.74 Å². The van der Waals surface area contributed by atoms with E-state index in [-0.39, 0.29) is 30.2 Å². The van der Waals surface area contributed by atoms with Crippen LogP contribution in [0.5, 0.6) is 11.5 Å². The fraction of sp³-hybridized carbons (Fsp3) is 0.538. The van der Waals surface area contributed by atoms with Gasteiger partial charge in [0, 0.05) is 31.9 Å². The van der Waals surface area contributed by atoms with Crippen molar-refractivity contribution < 1.29 is 20.1 Å². The third kappa shape index (κ3) is 4.52. The molecule has 0 spiro atoms. The molecule has 5 nitrogen and oxygen atoms in total. The number of rotatable bonds is 7. The number of hydrogen-bond acceptors (Lipinski definition) is 5. The Morgan fingerprint density at radius 3 is 2.33 bits per heavy atom. The molecule has 2 unspecified atom stereocenters. The van der Waals surface area contributed by atoms with Gasteiger partial charge in [-0.05, 0) is 31.0 Å². The molecule has 0 fully saturated rings. The minimum Gasteiger partial charge on any atom is -0.508 e. The first-order chi connectivity index (χ1) is 8.56. The maximum Gasteiger partial charge on any atom is 0.119 e. The number of hydrogen-bond donors (Lipinski definition) is 4. The zero-order valence-corrected chi connectivity index (χ0v) is 10.8. The highest BCUT2D eigenvalue weighted by molar-refractivity contribution is 5.37. The summed E-state index contributed by atoms with van der Waals surface area (Å²) in [5, 5.41) is 31.3.